The molecule has 2 rings (SSSR count). The van der Waals surface area contributed by atoms with E-state index in [1.807, 2.05) is 0 Å². The predicted octanol–water partition coefficient (Wildman–Crippen LogP) is 3.65. The molecule has 0 aromatic carbocycles. The molecule has 0 bridgehead atoms. The number of ether oxygens (including phenoxy) is 2. The summed E-state index contributed by atoms with van der Waals surface area (Å²) in [7, 11) is 1.03. The van der Waals surface area contributed by atoms with E-state index in [0.717, 1.165) is 51.4 Å². The Morgan fingerprint density at radius 1 is 0.684 bits per heavy atom. The van der Waals surface area contributed by atoms with Crippen molar-refractivity contribution in [2.45, 2.75) is 74.1 Å². The van der Waals surface area contributed by atoms with Crippen molar-refractivity contribution >= 4 is 10.6 Å². The van der Waals surface area contributed by atoms with Gasteiger partial charge in [-0.2, -0.15) is 10.6 Å². The first kappa shape index (κ1) is 15.6. The number of methoxy groups -OCH3 is 2. The molecule has 0 saturated heterocycles. The standard InChI is InChI=1S/C14H28O4S/c1-17-11-3-7-13(8-4-11)19(15,16)14-9-5-12(18-2)6-10-14/h11-16H,3-10H2,1-2H3. The van der Waals surface area contributed by atoms with Crippen molar-refractivity contribution in [2.24, 2.45) is 0 Å². The van der Waals surface area contributed by atoms with E-state index in [1.54, 1.807) is 14.2 Å². The second-order valence-electron chi connectivity index (χ2n) is 5.91. The van der Waals surface area contributed by atoms with Crippen LogP contribution in [0.15, 0.2) is 0 Å². The van der Waals surface area contributed by atoms with Gasteiger partial charge in [-0.1, -0.05) is 0 Å². The minimum Gasteiger partial charge on any atom is -0.381 e. The van der Waals surface area contributed by atoms with E-state index in [1.165, 1.54) is 0 Å². The van der Waals surface area contributed by atoms with Crippen LogP contribution >= 0.6 is 10.6 Å². The maximum atomic E-state index is 10.6. The van der Waals surface area contributed by atoms with Crippen LogP contribution in [0.2, 0.25) is 0 Å². The Morgan fingerprint density at radius 3 is 1.26 bits per heavy atom. The lowest BCUT2D eigenvalue weighted by Gasteiger charge is -2.50. The van der Waals surface area contributed by atoms with Gasteiger partial charge in [-0.25, -0.2) is 0 Å². The van der Waals surface area contributed by atoms with Crippen LogP contribution in [0.1, 0.15) is 51.4 Å². The van der Waals surface area contributed by atoms with Crippen molar-refractivity contribution in [3.8, 4) is 0 Å². The van der Waals surface area contributed by atoms with Crippen molar-refractivity contribution in [1.82, 2.24) is 0 Å². The monoisotopic (exact) mass is 292 g/mol. The number of hydrogen-bond donors (Lipinski definition) is 2. The lowest BCUT2D eigenvalue weighted by atomic mass is 9.96. The second kappa shape index (κ2) is 6.76. The van der Waals surface area contributed by atoms with E-state index >= 15 is 0 Å². The summed E-state index contributed by atoms with van der Waals surface area (Å²) in [5, 5.41) is 0.172. The molecule has 0 heterocycles. The molecular formula is C14H28O4S. The quantitative estimate of drug-likeness (QED) is 0.830. The van der Waals surface area contributed by atoms with Crippen LogP contribution in [0.3, 0.4) is 0 Å². The molecular weight excluding hydrogens is 264 g/mol. The normalized spacial score (nSPS) is 38.1. The fourth-order valence-electron chi connectivity index (χ4n) is 3.50. The summed E-state index contributed by atoms with van der Waals surface area (Å²) in [6.45, 7) is 0. The van der Waals surface area contributed by atoms with Gasteiger partial charge >= 0.3 is 0 Å². The number of rotatable bonds is 4. The Labute approximate surface area is 118 Å². The first-order valence-electron chi connectivity index (χ1n) is 7.39. The van der Waals surface area contributed by atoms with Gasteiger partial charge in [-0.3, -0.25) is 9.11 Å². The average Bonchev–Trinajstić information content (AvgIpc) is 2.47. The number of hydrogen-bond acceptors (Lipinski definition) is 4. The molecule has 0 aliphatic heterocycles. The van der Waals surface area contributed by atoms with E-state index in [0.29, 0.717) is 12.2 Å². The molecule has 5 heteroatoms. The van der Waals surface area contributed by atoms with Crippen LogP contribution in [0, 0.1) is 0 Å². The summed E-state index contributed by atoms with van der Waals surface area (Å²) in [5.41, 5.74) is 0. The van der Waals surface area contributed by atoms with Crippen LogP contribution in [0.25, 0.3) is 0 Å². The van der Waals surface area contributed by atoms with Crippen molar-refractivity contribution in [3.63, 3.8) is 0 Å². The molecule has 0 amide bonds. The van der Waals surface area contributed by atoms with Gasteiger partial charge in [-0.05, 0) is 51.4 Å². The van der Waals surface area contributed by atoms with Gasteiger partial charge < -0.3 is 9.47 Å². The van der Waals surface area contributed by atoms with Gasteiger partial charge in [0.15, 0.2) is 0 Å². The summed E-state index contributed by atoms with van der Waals surface area (Å²) in [5.74, 6) is 0. The van der Waals surface area contributed by atoms with Crippen LogP contribution in [-0.4, -0.2) is 46.0 Å². The lowest BCUT2D eigenvalue weighted by molar-refractivity contribution is 0.0677. The molecule has 2 fully saturated rings. The largest absolute Gasteiger partial charge is 0.381 e. The van der Waals surface area contributed by atoms with Gasteiger partial charge in [-0.15, -0.1) is 0 Å². The molecule has 0 spiro atoms. The zero-order chi connectivity index (χ0) is 13.9. The third kappa shape index (κ3) is 3.64. The maximum Gasteiger partial charge on any atom is 0.0572 e. The van der Waals surface area contributed by atoms with Crippen LogP contribution < -0.4 is 0 Å². The summed E-state index contributed by atoms with van der Waals surface area (Å²) >= 11 is 0. The summed E-state index contributed by atoms with van der Waals surface area (Å²) in [6, 6.07) is 0. The molecule has 0 unspecified atom stereocenters. The molecule has 2 saturated carbocycles. The van der Waals surface area contributed by atoms with E-state index < -0.39 is 10.6 Å². The fourth-order valence-corrected chi connectivity index (χ4v) is 5.98. The average molecular weight is 292 g/mol. The molecule has 0 aromatic heterocycles. The van der Waals surface area contributed by atoms with Crippen molar-refractivity contribution in [2.75, 3.05) is 14.2 Å². The molecule has 2 aliphatic carbocycles. The molecule has 2 aliphatic rings. The van der Waals surface area contributed by atoms with Gasteiger partial charge in [0, 0.05) is 24.7 Å². The fraction of sp³-hybridized carbons (Fsp3) is 1.00. The Morgan fingerprint density at radius 2 is 1.00 bits per heavy atom. The molecule has 0 atom stereocenters. The minimum absolute atomic E-state index is 0.0861. The smallest absolute Gasteiger partial charge is 0.0572 e. The summed E-state index contributed by atoms with van der Waals surface area (Å²) < 4.78 is 32.0. The highest BCUT2D eigenvalue weighted by Gasteiger charge is 2.38. The molecule has 19 heavy (non-hydrogen) atoms. The molecule has 0 radical (unpaired) electrons. The lowest BCUT2D eigenvalue weighted by Crippen LogP contribution is -2.36. The van der Waals surface area contributed by atoms with Crippen LogP contribution in [-0.2, 0) is 9.47 Å². The van der Waals surface area contributed by atoms with Crippen molar-refractivity contribution in [1.29, 1.82) is 0 Å². The van der Waals surface area contributed by atoms with E-state index in [-0.39, 0.29) is 10.5 Å². The molecule has 0 aromatic rings. The zero-order valence-electron chi connectivity index (χ0n) is 12.1. The van der Waals surface area contributed by atoms with Gasteiger partial charge in [0.2, 0.25) is 0 Å². The molecule has 114 valence electrons. The Bertz CT molecular complexity index is 243. The first-order valence-corrected chi connectivity index (χ1v) is 9.06. The molecule has 2 N–H and O–H groups in total. The third-order valence-electron chi connectivity index (χ3n) is 4.89. The molecule has 4 nitrogen and oxygen atoms in total. The highest BCUT2D eigenvalue weighted by molar-refractivity contribution is 8.25. The van der Waals surface area contributed by atoms with Gasteiger partial charge in [0.05, 0.1) is 12.2 Å². The van der Waals surface area contributed by atoms with E-state index in [9.17, 15) is 9.11 Å². The Hall–Kier alpha value is 0.190. The Kier molecular flexibility index (Phi) is 5.55. The SMILES string of the molecule is COC1CCC(S(O)(O)C2CCC(OC)CC2)CC1. The van der Waals surface area contributed by atoms with E-state index in [2.05, 4.69) is 0 Å². The van der Waals surface area contributed by atoms with Gasteiger partial charge in [0.1, 0.15) is 0 Å². The predicted molar refractivity (Wildman–Crippen MR) is 79.0 cm³/mol. The highest BCUT2D eigenvalue weighted by Crippen LogP contribution is 2.57. The third-order valence-corrected chi connectivity index (χ3v) is 7.80. The topological polar surface area (TPSA) is 58.9 Å². The second-order valence-corrected chi connectivity index (χ2v) is 8.52. The Balaban J connectivity index is 1.88. The van der Waals surface area contributed by atoms with Crippen molar-refractivity contribution in [3.05, 3.63) is 0 Å². The van der Waals surface area contributed by atoms with Crippen LogP contribution in [0.5, 0.6) is 0 Å². The van der Waals surface area contributed by atoms with E-state index in [4.69, 9.17) is 9.47 Å². The summed E-state index contributed by atoms with van der Waals surface area (Å²) in [4.78, 5) is 0. The van der Waals surface area contributed by atoms with Crippen molar-refractivity contribution < 1.29 is 18.6 Å². The highest BCUT2D eigenvalue weighted by atomic mass is 32.3. The van der Waals surface area contributed by atoms with Gasteiger partial charge in [0.25, 0.3) is 0 Å². The summed E-state index contributed by atoms with van der Waals surface area (Å²) in [6.07, 6.45) is 8.06. The van der Waals surface area contributed by atoms with Crippen LogP contribution in [0.4, 0.5) is 0 Å². The minimum atomic E-state index is -2.46. The zero-order valence-corrected chi connectivity index (χ0v) is 12.9. The first-order chi connectivity index (χ1) is 9.07. The maximum absolute atomic E-state index is 10.6.